The Balaban J connectivity index is 1.42. The first-order valence-electron chi connectivity index (χ1n) is 8.22. The predicted octanol–water partition coefficient (Wildman–Crippen LogP) is 4.40. The maximum absolute atomic E-state index is 5.69. The van der Waals surface area contributed by atoms with E-state index in [0.717, 1.165) is 22.4 Å². The molecular formula is C19H16N4O3S. The van der Waals surface area contributed by atoms with Crippen molar-refractivity contribution in [3.8, 4) is 28.6 Å². The van der Waals surface area contributed by atoms with Crippen LogP contribution in [0.2, 0.25) is 0 Å². The summed E-state index contributed by atoms with van der Waals surface area (Å²) in [6.07, 6.45) is 0. The maximum Gasteiger partial charge on any atom is 0.277 e. The molecule has 0 amide bonds. The average molecular weight is 380 g/mol. The number of ether oxygens (including phenoxy) is 1. The Morgan fingerprint density at radius 3 is 2.63 bits per heavy atom. The molecule has 0 saturated carbocycles. The van der Waals surface area contributed by atoms with Gasteiger partial charge >= 0.3 is 0 Å². The molecule has 0 spiro atoms. The van der Waals surface area contributed by atoms with E-state index in [0.29, 0.717) is 28.6 Å². The van der Waals surface area contributed by atoms with E-state index in [9.17, 15) is 0 Å². The molecule has 0 fully saturated rings. The second-order valence-electron chi connectivity index (χ2n) is 5.72. The normalized spacial score (nSPS) is 10.9. The van der Waals surface area contributed by atoms with Gasteiger partial charge in [0.25, 0.3) is 5.22 Å². The molecule has 8 heteroatoms. The summed E-state index contributed by atoms with van der Waals surface area (Å²) in [5, 5.41) is 12.6. The lowest BCUT2D eigenvalue weighted by molar-refractivity contribution is 0.391. The van der Waals surface area contributed by atoms with Gasteiger partial charge in [-0.25, -0.2) is 0 Å². The molecule has 2 heterocycles. The van der Waals surface area contributed by atoms with Gasteiger partial charge < -0.3 is 13.7 Å². The first-order chi connectivity index (χ1) is 13.2. The molecule has 7 nitrogen and oxygen atoms in total. The number of aryl methyl sites for hydroxylation is 1. The number of hydrogen-bond acceptors (Lipinski definition) is 8. The standard InChI is InChI=1S/C19H16N4O3S/c1-12-5-3-4-6-15(12)17-20-16(26-23-17)11-27-19-22-21-18(25-19)13-7-9-14(24-2)10-8-13/h3-10H,11H2,1-2H3. The molecule has 27 heavy (non-hydrogen) atoms. The second kappa shape index (κ2) is 7.63. The zero-order valence-corrected chi connectivity index (χ0v) is 15.6. The molecule has 0 saturated heterocycles. The van der Waals surface area contributed by atoms with E-state index < -0.39 is 0 Å². The van der Waals surface area contributed by atoms with Gasteiger partial charge in [0, 0.05) is 11.1 Å². The van der Waals surface area contributed by atoms with Gasteiger partial charge in [-0.1, -0.05) is 41.2 Å². The minimum absolute atomic E-state index is 0.441. The Bertz CT molecular complexity index is 1040. The molecular weight excluding hydrogens is 364 g/mol. The van der Waals surface area contributed by atoms with Crippen LogP contribution in [0.15, 0.2) is 62.7 Å². The summed E-state index contributed by atoms with van der Waals surface area (Å²) in [6, 6.07) is 15.3. The van der Waals surface area contributed by atoms with Crippen LogP contribution in [0.5, 0.6) is 5.75 Å². The zero-order valence-electron chi connectivity index (χ0n) is 14.7. The molecule has 0 atom stereocenters. The van der Waals surface area contributed by atoms with Crippen LogP contribution in [0.3, 0.4) is 0 Å². The van der Waals surface area contributed by atoms with Crippen molar-refractivity contribution < 1.29 is 13.7 Å². The zero-order chi connectivity index (χ0) is 18.6. The van der Waals surface area contributed by atoms with Crippen molar-refractivity contribution >= 4 is 11.8 Å². The minimum atomic E-state index is 0.441. The maximum atomic E-state index is 5.69. The SMILES string of the molecule is COc1ccc(-c2nnc(SCc3nc(-c4ccccc4C)no3)o2)cc1. The molecule has 0 bridgehead atoms. The van der Waals surface area contributed by atoms with E-state index >= 15 is 0 Å². The summed E-state index contributed by atoms with van der Waals surface area (Å²) < 4.78 is 16.2. The van der Waals surface area contributed by atoms with Crippen LogP contribution >= 0.6 is 11.8 Å². The summed E-state index contributed by atoms with van der Waals surface area (Å²) in [5.74, 6) is 2.75. The van der Waals surface area contributed by atoms with E-state index in [4.69, 9.17) is 13.7 Å². The van der Waals surface area contributed by atoms with Gasteiger partial charge in [-0.15, -0.1) is 10.2 Å². The summed E-state index contributed by atoms with van der Waals surface area (Å²) in [6.45, 7) is 2.01. The van der Waals surface area contributed by atoms with Gasteiger partial charge in [-0.2, -0.15) is 4.98 Å². The van der Waals surface area contributed by atoms with Crippen molar-refractivity contribution in [1.29, 1.82) is 0 Å². The van der Waals surface area contributed by atoms with Gasteiger partial charge in [-0.05, 0) is 36.8 Å². The van der Waals surface area contributed by atoms with Crippen molar-refractivity contribution in [2.45, 2.75) is 17.9 Å². The first-order valence-corrected chi connectivity index (χ1v) is 9.21. The lowest BCUT2D eigenvalue weighted by Gasteiger charge is -1.99. The lowest BCUT2D eigenvalue weighted by Crippen LogP contribution is -1.85. The Hall–Kier alpha value is -3.13. The fourth-order valence-corrected chi connectivity index (χ4v) is 3.09. The number of aromatic nitrogens is 4. The Morgan fingerprint density at radius 2 is 1.85 bits per heavy atom. The lowest BCUT2D eigenvalue weighted by atomic mass is 10.1. The molecule has 4 rings (SSSR count). The number of nitrogens with zero attached hydrogens (tertiary/aromatic N) is 4. The van der Waals surface area contributed by atoms with Gasteiger partial charge in [0.05, 0.1) is 12.9 Å². The van der Waals surface area contributed by atoms with Crippen LogP contribution in [0.4, 0.5) is 0 Å². The monoisotopic (exact) mass is 380 g/mol. The van der Waals surface area contributed by atoms with Crippen LogP contribution < -0.4 is 4.74 Å². The summed E-state index contributed by atoms with van der Waals surface area (Å²) in [7, 11) is 1.62. The van der Waals surface area contributed by atoms with Crippen molar-refractivity contribution in [1.82, 2.24) is 20.3 Å². The highest BCUT2D eigenvalue weighted by Gasteiger charge is 2.14. The molecule has 2 aromatic carbocycles. The van der Waals surface area contributed by atoms with E-state index in [2.05, 4.69) is 20.3 Å². The molecule has 0 radical (unpaired) electrons. The fraction of sp³-hybridized carbons (Fsp3) is 0.158. The third-order valence-electron chi connectivity index (χ3n) is 3.92. The third-order valence-corrected chi connectivity index (χ3v) is 4.72. The molecule has 2 aromatic heterocycles. The summed E-state index contributed by atoms with van der Waals surface area (Å²) >= 11 is 1.35. The summed E-state index contributed by atoms with van der Waals surface area (Å²) in [4.78, 5) is 4.44. The van der Waals surface area contributed by atoms with E-state index in [-0.39, 0.29) is 0 Å². The van der Waals surface area contributed by atoms with E-state index in [1.165, 1.54) is 11.8 Å². The van der Waals surface area contributed by atoms with Crippen LogP contribution in [0.1, 0.15) is 11.5 Å². The largest absolute Gasteiger partial charge is 0.497 e. The van der Waals surface area contributed by atoms with Gasteiger partial charge in [0.1, 0.15) is 5.75 Å². The third kappa shape index (κ3) is 3.85. The molecule has 136 valence electrons. The molecule has 4 aromatic rings. The highest BCUT2D eigenvalue weighted by molar-refractivity contribution is 7.98. The first kappa shape index (κ1) is 17.3. The van der Waals surface area contributed by atoms with Crippen molar-refractivity contribution in [2.24, 2.45) is 0 Å². The van der Waals surface area contributed by atoms with Crippen LogP contribution in [0, 0.1) is 6.92 Å². The number of thioether (sulfide) groups is 1. The van der Waals surface area contributed by atoms with Crippen LogP contribution in [-0.2, 0) is 5.75 Å². The fourth-order valence-electron chi connectivity index (χ4n) is 2.49. The van der Waals surface area contributed by atoms with Crippen molar-refractivity contribution in [2.75, 3.05) is 7.11 Å². The average Bonchev–Trinajstić information content (AvgIpc) is 3.36. The van der Waals surface area contributed by atoms with Gasteiger partial charge in [-0.3, -0.25) is 0 Å². The Morgan fingerprint density at radius 1 is 1.04 bits per heavy atom. The van der Waals surface area contributed by atoms with Crippen molar-refractivity contribution in [3.05, 3.63) is 60.0 Å². The molecule has 0 aliphatic rings. The summed E-state index contributed by atoms with van der Waals surface area (Å²) in [5.41, 5.74) is 2.88. The quantitative estimate of drug-likeness (QED) is 0.455. The van der Waals surface area contributed by atoms with Gasteiger partial charge in [0.15, 0.2) is 0 Å². The molecule has 0 aliphatic carbocycles. The van der Waals surface area contributed by atoms with Crippen molar-refractivity contribution in [3.63, 3.8) is 0 Å². The molecule has 0 aliphatic heterocycles. The number of hydrogen-bond donors (Lipinski definition) is 0. The van der Waals surface area contributed by atoms with E-state index in [1.54, 1.807) is 7.11 Å². The molecule has 0 N–H and O–H groups in total. The van der Waals surface area contributed by atoms with E-state index in [1.807, 2.05) is 55.5 Å². The minimum Gasteiger partial charge on any atom is -0.497 e. The second-order valence-corrected chi connectivity index (χ2v) is 6.64. The molecule has 0 unspecified atom stereocenters. The predicted molar refractivity (Wildman–Crippen MR) is 100 cm³/mol. The number of benzene rings is 2. The number of rotatable bonds is 6. The van der Waals surface area contributed by atoms with Gasteiger partial charge in [0.2, 0.25) is 17.6 Å². The smallest absolute Gasteiger partial charge is 0.277 e. The Kier molecular flexibility index (Phi) is 4.88. The van der Waals surface area contributed by atoms with Crippen LogP contribution in [-0.4, -0.2) is 27.4 Å². The highest BCUT2D eigenvalue weighted by atomic mass is 32.2. The Labute approximate surface area is 159 Å². The topological polar surface area (TPSA) is 87.1 Å². The highest BCUT2D eigenvalue weighted by Crippen LogP contribution is 2.27. The number of methoxy groups -OCH3 is 1. The van der Waals surface area contributed by atoms with Crippen LogP contribution in [0.25, 0.3) is 22.8 Å².